The van der Waals surface area contributed by atoms with E-state index in [4.69, 9.17) is 4.98 Å². The third-order valence-electron chi connectivity index (χ3n) is 5.47. The highest BCUT2D eigenvalue weighted by Gasteiger charge is 2.15. The third kappa shape index (κ3) is 4.21. The molecule has 0 saturated carbocycles. The first-order valence-electron chi connectivity index (χ1n) is 10.2. The number of hydrogen-bond donors (Lipinski definition) is 1. The van der Waals surface area contributed by atoms with Crippen molar-refractivity contribution in [1.29, 1.82) is 0 Å². The van der Waals surface area contributed by atoms with Crippen molar-refractivity contribution in [3.63, 3.8) is 0 Å². The fourth-order valence-corrected chi connectivity index (χ4v) is 3.85. The van der Waals surface area contributed by atoms with E-state index in [0.717, 1.165) is 37.9 Å². The van der Waals surface area contributed by atoms with E-state index < -0.39 is 0 Å². The predicted octanol–water partition coefficient (Wildman–Crippen LogP) is 3.62. The van der Waals surface area contributed by atoms with Crippen LogP contribution < -0.4 is 10.9 Å². The Morgan fingerprint density at radius 1 is 1.10 bits per heavy atom. The lowest BCUT2D eigenvalue weighted by Gasteiger charge is -2.16. The molecule has 0 unspecified atom stereocenters. The van der Waals surface area contributed by atoms with Crippen molar-refractivity contribution in [1.82, 2.24) is 14.9 Å². The molecule has 150 valence electrons. The fraction of sp³-hybridized carbons (Fsp3) is 0.348. The summed E-state index contributed by atoms with van der Waals surface area (Å²) in [4.78, 5) is 30.1. The molecule has 0 radical (unpaired) electrons. The van der Waals surface area contributed by atoms with Crippen molar-refractivity contribution >= 4 is 16.8 Å². The molecule has 4 rings (SSSR count). The van der Waals surface area contributed by atoms with Gasteiger partial charge in [-0.05, 0) is 49.1 Å². The van der Waals surface area contributed by atoms with Gasteiger partial charge in [0.2, 0.25) is 0 Å². The van der Waals surface area contributed by atoms with Gasteiger partial charge in [-0.1, -0.05) is 31.0 Å². The van der Waals surface area contributed by atoms with Crippen LogP contribution in [0.2, 0.25) is 0 Å². The van der Waals surface area contributed by atoms with Crippen molar-refractivity contribution in [3.8, 4) is 0 Å². The minimum Gasteiger partial charge on any atom is -0.352 e. The molecule has 0 spiro atoms. The second-order valence-corrected chi connectivity index (χ2v) is 7.48. The highest BCUT2D eigenvalue weighted by Crippen LogP contribution is 2.16. The molecular weight excluding hydrogens is 369 g/mol. The lowest BCUT2D eigenvalue weighted by Crippen LogP contribution is -2.28. The van der Waals surface area contributed by atoms with Gasteiger partial charge >= 0.3 is 0 Å². The summed E-state index contributed by atoms with van der Waals surface area (Å²) in [6.45, 7) is 1.04. The first-order chi connectivity index (χ1) is 14.1. The first kappa shape index (κ1) is 19.3. The number of benzene rings is 2. The van der Waals surface area contributed by atoms with Gasteiger partial charge in [0.05, 0.1) is 10.9 Å². The summed E-state index contributed by atoms with van der Waals surface area (Å²) < 4.78 is 15.5. The van der Waals surface area contributed by atoms with Crippen LogP contribution in [0.4, 0.5) is 4.39 Å². The largest absolute Gasteiger partial charge is 0.352 e. The molecule has 1 aromatic heterocycles. The van der Waals surface area contributed by atoms with Crippen LogP contribution in [-0.4, -0.2) is 22.0 Å². The minimum absolute atomic E-state index is 0.0292. The second-order valence-electron chi connectivity index (χ2n) is 7.48. The van der Waals surface area contributed by atoms with E-state index in [0.29, 0.717) is 41.5 Å². The number of halogens is 1. The second kappa shape index (κ2) is 8.55. The number of carbonyl (C=O) groups is 1. The SMILES string of the molecule is O=C(NCCc1ccccc1F)c1ccc2c(=O)n3c(nc2c1)CCCCCC3. The van der Waals surface area contributed by atoms with Gasteiger partial charge in [-0.15, -0.1) is 0 Å². The monoisotopic (exact) mass is 393 g/mol. The Bertz CT molecular complexity index is 1110. The van der Waals surface area contributed by atoms with Gasteiger partial charge in [0.25, 0.3) is 11.5 Å². The average Bonchev–Trinajstić information content (AvgIpc) is 2.70. The van der Waals surface area contributed by atoms with Crippen LogP contribution in [0.5, 0.6) is 0 Å². The van der Waals surface area contributed by atoms with Crippen molar-refractivity contribution in [2.24, 2.45) is 0 Å². The quantitative estimate of drug-likeness (QED) is 0.736. The molecule has 0 saturated heterocycles. The number of aromatic nitrogens is 2. The molecular formula is C23H24FN3O2. The normalized spacial score (nSPS) is 14.1. The summed E-state index contributed by atoms with van der Waals surface area (Å²) in [5.41, 5.74) is 1.55. The standard InChI is InChI=1S/C23H24FN3O2/c24-19-8-5-4-7-16(19)12-13-25-22(28)17-10-11-18-20(15-17)26-21-9-3-1-2-6-14-27(21)23(18)29/h4-5,7-8,10-11,15H,1-3,6,9,12-14H2,(H,25,28). The van der Waals surface area contributed by atoms with Gasteiger partial charge in [0.1, 0.15) is 11.6 Å². The third-order valence-corrected chi connectivity index (χ3v) is 5.47. The van der Waals surface area contributed by atoms with Crippen LogP contribution in [0, 0.1) is 5.82 Å². The van der Waals surface area contributed by atoms with E-state index in [-0.39, 0.29) is 17.3 Å². The molecule has 1 aliphatic heterocycles. The molecule has 3 aromatic rings. The maximum Gasteiger partial charge on any atom is 0.261 e. The molecule has 0 fully saturated rings. The Morgan fingerprint density at radius 2 is 1.93 bits per heavy atom. The lowest BCUT2D eigenvalue weighted by molar-refractivity contribution is 0.0954. The van der Waals surface area contributed by atoms with E-state index in [2.05, 4.69) is 5.32 Å². The summed E-state index contributed by atoms with van der Waals surface area (Å²) in [6.07, 6.45) is 5.49. The smallest absolute Gasteiger partial charge is 0.261 e. The summed E-state index contributed by atoms with van der Waals surface area (Å²) in [5.74, 6) is 0.282. The Balaban J connectivity index is 1.53. The van der Waals surface area contributed by atoms with Crippen LogP contribution in [0.25, 0.3) is 10.9 Å². The Morgan fingerprint density at radius 3 is 2.79 bits per heavy atom. The van der Waals surface area contributed by atoms with E-state index in [1.807, 2.05) is 0 Å². The maximum atomic E-state index is 13.7. The molecule has 0 aliphatic carbocycles. The molecule has 5 nitrogen and oxygen atoms in total. The molecule has 2 aromatic carbocycles. The predicted molar refractivity (Wildman–Crippen MR) is 111 cm³/mol. The van der Waals surface area contributed by atoms with Crippen LogP contribution in [0.15, 0.2) is 47.3 Å². The van der Waals surface area contributed by atoms with Crippen molar-refractivity contribution in [3.05, 3.63) is 75.6 Å². The lowest BCUT2D eigenvalue weighted by atomic mass is 10.1. The zero-order valence-corrected chi connectivity index (χ0v) is 16.3. The fourth-order valence-electron chi connectivity index (χ4n) is 3.85. The van der Waals surface area contributed by atoms with Crippen molar-refractivity contribution < 1.29 is 9.18 Å². The van der Waals surface area contributed by atoms with Gasteiger partial charge in [0, 0.05) is 25.1 Å². The first-order valence-corrected chi connectivity index (χ1v) is 10.2. The van der Waals surface area contributed by atoms with Crippen LogP contribution in [0.1, 0.15) is 47.4 Å². The number of nitrogens with zero attached hydrogens (tertiary/aromatic N) is 2. The Hall–Kier alpha value is -3.02. The molecule has 6 heteroatoms. The van der Waals surface area contributed by atoms with Gasteiger partial charge < -0.3 is 5.32 Å². The molecule has 2 heterocycles. The van der Waals surface area contributed by atoms with Gasteiger partial charge in [-0.25, -0.2) is 9.37 Å². The molecule has 1 aliphatic rings. The molecule has 0 bridgehead atoms. The Labute approximate surface area is 168 Å². The topological polar surface area (TPSA) is 64.0 Å². The van der Waals surface area contributed by atoms with Gasteiger partial charge in [-0.3, -0.25) is 14.2 Å². The molecule has 0 atom stereocenters. The number of nitrogens with one attached hydrogen (secondary N) is 1. The Kier molecular flexibility index (Phi) is 5.69. The average molecular weight is 393 g/mol. The van der Waals surface area contributed by atoms with Gasteiger partial charge in [0.15, 0.2) is 0 Å². The zero-order chi connectivity index (χ0) is 20.2. The molecule has 1 amide bonds. The van der Waals surface area contributed by atoms with Crippen LogP contribution in [-0.2, 0) is 19.4 Å². The van der Waals surface area contributed by atoms with E-state index in [9.17, 15) is 14.0 Å². The van der Waals surface area contributed by atoms with Crippen molar-refractivity contribution in [2.45, 2.75) is 45.1 Å². The summed E-state index contributed by atoms with van der Waals surface area (Å²) in [6, 6.07) is 11.6. The minimum atomic E-state index is -0.270. The number of fused-ring (bicyclic) bond motifs is 2. The summed E-state index contributed by atoms with van der Waals surface area (Å²) in [5, 5.41) is 3.36. The van der Waals surface area contributed by atoms with Crippen LogP contribution >= 0.6 is 0 Å². The van der Waals surface area contributed by atoms with Gasteiger partial charge in [-0.2, -0.15) is 0 Å². The molecule has 29 heavy (non-hydrogen) atoms. The number of rotatable bonds is 4. The van der Waals surface area contributed by atoms with E-state index in [1.165, 1.54) is 6.07 Å². The maximum absolute atomic E-state index is 13.7. The highest BCUT2D eigenvalue weighted by molar-refractivity contribution is 5.97. The number of aryl methyl sites for hydroxylation is 1. The highest BCUT2D eigenvalue weighted by atomic mass is 19.1. The number of carbonyl (C=O) groups excluding carboxylic acids is 1. The zero-order valence-electron chi connectivity index (χ0n) is 16.3. The van der Waals surface area contributed by atoms with E-state index in [1.54, 1.807) is 41.0 Å². The number of amides is 1. The van der Waals surface area contributed by atoms with E-state index >= 15 is 0 Å². The van der Waals surface area contributed by atoms with Crippen LogP contribution in [0.3, 0.4) is 0 Å². The molecule has 1 N–H and O–H groups in total. The summed E-state index contributed by atoms with van der Waals surface area (Å²) in [7, 11) is 0. The summed E-state index contributed by atoms with van der Waals surface area (Å²) >= 11 is 0. The van der Waals surface area contributed by atoms with Crippen molar-refractivity contribution in [2.75, 3.05) is 6.54 Å². The number of hydrogen-bond acceptors (Lipinski definition) is 3.